The standard InChI is InChI=1S/C13H27NO/c1-12(2,3)14-10-11(7-6-8-15)9-13(14,4)5/h11,15H,6-10H2,1-5H3. The van der Waals surface area contributed by atoms with Gasteiger partial charge in [0.25, 0.3) is 0 Å². The van der Waals surface area contributed by atoms with Gasteiger partial charge in [-0.2, -0.15) is 0 Å². The van der Waals surface area contributed by atoms with Gasteiger partial charge in [0.15, 0.2) is 0 Å². The number of likely N-dealkylation sites (tertiary alicyclic amines) is 1. The van der Waals surface area contributed by atoms with E-state index in [1.165, 1.54) is 19.4 Å². The van der Waals surface area contributed by atoms with E-state index in [4.69, 9.17) is 5.11 Å². The molecule has 0 aromatic heterocycles. The lowest BCUT2D eigenvalue weighted by molar-refractivity contribution is 0.0669. The molecule has 0 radical (unpaired) electrons. The molecular formula is C13H27NO. The van der Waals surface area contributed by atoms with Gasteiger partial charge in [-0.3, -0.25) is 4.90 Å². The van der Waals surface area contributed by atoms with Crippen LogP contribution in [0.2, 0.25) is 0 Å². The van der Waals surface area contributed by atoms with E-state index in [1.807, 2.05) is 0 Å². The SMILES string of the molecule is CC(C)(C)N1CC(CCCO)CC1(C)C. The van der Waals surface area contributed by atoms with E-state index >= 15 is 0 Å². The summed E-state index contributed by atoms with van der Waals surface area (Å²) in [6.45, 7) is 13.1. The molecular weight excluding hydrogens is 186 g/mol. The molecule has 1 rings (SSSR count). The van der Waals surface area contributed by atoms with Crippen molar-refractivity contribution in [1.29, 1.82) is 0 Å². The average Bonchev–Trinajstić information content (AvgIpc) is 2.36. The highest BCUT2D eigenvalue weighted by Gasteiger charge is 2.42. The molecule has 1 saturated heterocycles. The van der Waals surface area contributed by atoms with Crippen LogP contribution in [0.3, 0.4) is 0 Å². The first-order valence-corrected chi connectivity index (χ1v) is 6.16. The maximum atomic E-state index is 8.87. The van der Waals surface area contributed by atoms with Crippen LogP contribution in [0.1, 0.15) is 53.9 Å². The summed E-state index contributed by atoms with van der Waals surface area (Å²) < 4.78 is 0. The van der Waals surface area contributed by atoms with Gasteiger partial charge in [-0.25, -0.2) is 0 Å². The van der Waals surface area contributed by atoms with Crippen molar-refractivity contribution >= 4 is 0 Å². The van der Waals surface area contributed by atoms with Crippen molar-refractivity contribution in [3.63, 3.8) is 0 Å². The Kier molecular flexibility index (Phi) is 3.83. The average molecular weight is 213 g/mol. The van der Waals surface area contributed by atoms with Gasteiger partial charge in [-0.15, -0.1) is 0 Å². The first-order chi connectivity index (χ1) is 6.77. The minimum absolute atomic E-state index is 0.261. The monoisotopic (exact) mass is 213 g/mol. The molecule has 1 heterocycles. The number of hydrogen-bond donors (Lipinski definition) is 1. The summed E-state index contributed by atoms with van der Waals surface area (Å²) in [7, 11) is 0. The molecule has 2 heteroatoms. The molecule has 90 valence electrons. The van der Waals surface area contributed by atoms with Gasteiger partial charge in [0, 0.05) is 24.2 Å². The van der Waals surface area contributed by atoms with Crippen molar-refractivity contribution < 1.29 is 5.11 Å². The van der Waals surface area contributed by atoms with Crippen LogP contribution in [0.4, 0.5) is 0 Å². The third kappa shape index (κ3) is 3.18. The molecule has 0 bridgehead atoms. The van der Waals surface area contributed by atoms with Crippen LogP contribution in [0.25, 0.3) is 0 Å². The molecule has 1 aliphatic heterocycles. The summed E-state index contributed by atoms with van der Waals surface area (Å²) in [6.07, 6.45) is 3.40. The van der Waals surface area contributed by atoms with Crippen molar-refractivity contribution in [1.82, 2.24) is 4.90 Å². The Labute approximate surface area is 94.7 Å². The molecule has 0 spiro atoms. The Morgan fingerprint density at radius 1 is 1.33 bits per heavy atom. The van der Waals surface area contributed by atoms with Gasteiger partial charge in [-0.1, -0.05) is 0 Å². The molecule has 0 aliphatic carbocycles. The van der Waals surface area contributed by atoms with E-state index in [1.54, 1.807) is 0 Å². The number of aliphatic hydroxyl groups is 1. The maximum Gasteiger partial charge on any atom is 0.0431 e. The summed E-state index contributed by atoms with van der Waals surface area (Å²) in [5.41, 5.74) is 0.579. The normalized spacial score (nSPS) is 27.2. The Morgan fingerprint density at radius 3 is 2.33 bits per heavy atom. The summed E-state index contributed by atoms with van der Waals surface area (Å²) in [5.74, 6) is 0.770. The topological polar surface area (TPSA) is 23.5 Å². The van der Waals surface area contributed by atoms with Gasteiger partial charge in [0.05, 0.1) is 0 Å². The molecule has 1 atom stereocenters. The van der Waals surface area contributed by atoms with Crippen molar-refractivity contribution in [2.24, 2.45) is 5.92 Å². The van der Waals surface area contributed by atoms with Crippen LogP contribution in [-0.4, -0.2) is 34.2 Å². The highest BCUT2D eigenvalue weighted by molar-refractivity contribution is 4.98. The van der Waals surface area contributed by atoms with E-state index in [0.717, 1.165) is 12.3 Å². The minimum atomic E-state index is 0.261. The zero-order chi connectivity index (χ0) is 11.7. The zero-order valence-corrected chi connectivity index (χ0v) is 11.0. The lowest BCUT2D eigenvalue weighted by Crippen LogP contribution is -2.50. The fourth-order valence-electron chi connectivity index (χ4n) is 3.14. The number of nitrogens with zero attached hydrogens (tertiary/aromatic N) is 1. The molecule has 0 saturated carbocycles. The zero-order valence-electron chi connectivity index (χ0n) is 11.0. The van der Waals surface area contributed by atoms with E-state index in [9.17, 15) is 0 Å². The number of rotatable bonds is 3. The van der Waals surface area contributed by atoms with Crippen LogP contribution < -0.4 is 0 Å². The van der Waals surface area contributed by atoms with Gasteiger partial charge in [0.2, 0.25) is 0 Å². The van der Waals surface area contributed by atoms with Crippen LogP contribution in [-0.2, 0) is 0 Å². The number of hydrogen-bond acceptors (Lipinski definition) is 2. The summed E-state index contributed by atoms with van der Waals surface area (Å²) in [5, 5.41) is 8.87. The van der Waals surface area contributed by atoms with Gasteiger partial charge >= 0.3 is 0 Å². The second-order valence-electron chi connectivity index (χ2n) is 6.53. The second-order valence-corrected chi connectivity index (χ2v) is 6.53. The first kappa shape index (κ1) is 13.0. The largest absolute Gasteiger partial charge is 0.396 e. The lowest BCUT2D eigenvalue weighted by Gasteiger charge is -2.42. The van der Waals surface area contributed by atoms with E-state index in [0.29, 0.717) is 12.1 Å². The van der Waals surface area contributed by atoms with Crippen LogP contribution >= 0.6 is 0 Å². The molecule has 0 aromatic rings. The summed E-state index contributed by atoms with van der Waals surface area (Å²) in [6, 6.07) is 0. The van der Waals surface area contributed by atoms with Crippen LogP contribution in [0.5, 0.6) is 0 Å². The van der Waals surface area contributed by atoms with E-state index in [2.05, 4.69) is 39.5 Å². The molecule has 15 heavy (non-hydrogen) atoms. The van der Waals surface area contributed by atoms with E-state index < -0.39 is 0 Å². The Balaban J connectivity index is 2.60. The predicted molar refractivity (Wildman–Crippen MR) is 65.0 cm³/mol. The number of aliphatic hydroxyl groups excluding tert-OH is 1. The predicted octanol–water partition coefficient (Wildman–Crippen LogP) is 2.66. The van der Waals surface area contributed by atoms with Crippen molar-refractivity contribution in [3.8, 4) is 0 Å². The molecule has 0 aromatic carbocycles. The Hall–Kier alpha value is -0.0800. The molecule has 2 nitrogen and oxygen atoms in total. The first-order valence-electron chi connectivity index (χ1n) is 6.16. The van der Waals surface area contributed by atoms with Crippen LogP contribution in [0, 0.1) is 5.92 Å². The molecule has 1 N–H and O–H groups in total. The highest BCUT2D eigenvalue weighted by atomic mass is 16.2. The highest BCUT2D eigenvalue weighted by Crippen LogP contribution is 2.39. The van der Waals surface area contributed by atoms with E-state index in [-0.39, 0.29) is 5.54 Å². The Morgan fingerprint density at radius 2 is 1.93 bits per heavy atom. The second kappa shape index (κ2) is 4.42. The van der Waals surface area contributed by atoms with Crippen molar-refractivity contribution in [3.05, 3.63) is 0 Å². The minimum Gasteiger partial charge on any atom is -0.396 e. The van der Waals surface area contributed by atoms with Crippen molar-refractivity contribution in [2.45, 2.75) is 65.0 Å². The fraction of sp³-hybridized carbons (Fsp3) is 1.00. The fourth-order valence-corrected chi connectivity index (χ4v) is 3.14. The third-order valence-corrected chi connectivity index (χ3v) is 3.54. The van der Waals surface area contributed by atoms with Gasteiger partial charge < -0.3 is 5.11 Å². The lowest BCUT2D eigenvalue weighted by atomic mass is 9.92. The maximum absolute atomic E-state index is 8.87. The van der Waals surface area contributed by atoms with Crippen molar-refractivity contribution in [2.75, 3.05) is 13.2 Å². The smallest absolute Gasteiger partial charge is 0.0431 e. The van der Waals surface area contributed by atoms with Crippen LogP contribution in [0.15, 0.2) is 0 Å². The molecule has 1 fully saturated rings. The molecule has 0 amide bonds. The molecule has 1 unspecified atom stereocenters. The quantitative estimate of drug-likeness (QED) is 0.779. The Bertz CT molecular complexity index is 205. The third-order valence-electron chi connectivity index (χ3n) is 3.54. The van der Waals surface area contributed by atoms with Gasteiger partial charge in [-0.05, 0) is 59.8 Å². The summed E-state index contributed by atoms with van der Waals surface area (Å²) in [4.78, 5) is 2.61. The molecule has 1 aliphatic rings. The van der Waals surface area contributed by atoms with Gasteiger partial charge in [0.1, 0.15) is 0 Å². The summed E-state index contributed by atoms with van der Waals surface area (Å²) >= 11 is 0.